The first-order valence-electron chi connectivity index (χ1n) is 5.12. The van der Waals surface area contributed by atoms with E-state index in [9.17, 15) is 4.79 Å². The van der Waals surface area contributed by atoms with Crippen molar-refractivity contribution in [3.8, 4) is 0 Å². The zero-order valence-electron chi connectivity index (χ0n) is 10.0. The number of methoxy groups -OCH3 is 1. The van der Waals surface area contributed by atoms with Gasteiger partial charge in [0.1, 0.15) is 24.5 Å². The largest absolute Gasteiger partial charge is 0.468 e. The van der Waals surface area contributed by atoms with Crippen molar-refractivity contribution in [3.63, 3.8) is 0 Å². The summed E-state index contributed by atoms with van der Waals surface area (Å²) in [6, 6.07) is 1.76. The summed E-state index contributed by atoms with van der Waals surface area (Å²) in [5.74, 6) is 1.02. The number of aromatic nitrogens is 2. The first kappa shape index (κ1) is 13.0. The maximum atomic E-state index is 11.1. The van der Waals surface area contributed by atoms with Crippen LogP contribution >= 0.6 is 0 Å². The number of hydrogen-bond donors (Lipinski definition) is 1. The van der Waals surface area contributed by atoms with E-state index in [1.54, 1.807) is 24.1 Å². The summed E-state index contributed by atoms with van der Waals surface area (Å²) in [7, 11) is 3.11. The van der Waals surface area contributed by atoms with E-state index in [4.69, 9.17) is 0 Å². The van der Waals surface area contributed by atoms with E-state index < -0.39 is 0 Å². The fourth-order valence-electron chi connectivity index (χ4n) is 1.17. The first-order chi connectivity index (χ1) is 8.17. The third-order valence-electron chi connectivity index (χ3n) is 2.07. The number of ether oxygens (including phenoxy) is 1. The third-order valence-corrected chi connectivity index (χ3v) is 2.07. The molecule has 0 amide bonds. The number of nitrogens with one attached hydrogen (secondary N) is 1. The highest BCUT2D eigenvalue weighted by Gasteiger charge is 2.09. The van der Waals surface area contributed by atoms with Gasteiger partial charge in [0.2, 0.25) is 0 Å². The summed E-state index contributed by atoms with van der Waals surface area (Å²) >= 11 is 0. The third kappa shape index (κ3) is 4.10. The quantitative estimate of drug-likeness (QED) is 0.579. The van der Waals surface area contributed by atoms with E-state index in [1.165, 1.54) is 13.4 Å². The number of hydrogen-bond acceptors (Lipinski definition) is 6. The molecule has 0 aliphatic rings. The molecule has 0 fully saturated rings. The van der Waals surface area contributed by atoms with Gasteiger partial charge < -0.3 is 15.0 Å². The fourth-order valence-corrected chi connectivity index (χ4v) is 1.17. The lowest BCUT2D eigenvalue weighted by molar-refractivity contribution is -0.138. The van der Waals surface area contributed by atoms with Crippen LogP contribution in [-0.2, 0) is 9.53 Å². The van der Waals surface area contributed by atoms with Gasteiger partial charge in [-0.3, -0.25) is 4.79 Å². The van der Waals surface area contributed by atoms with Crippen LogP contribution in [0.4, 0.5) is 11.6 Å². The second-order valence-corrected chi connectivity index (χ2v) is 3.36. The summed E-state index contributed by atoms with van der Waals surface area (Å²) in [4.78, 5) is 20.9. The summed E-state index contributed by atoms with van der Waals surface area (Å²) in [6.45, 7) is 4.38. The number of nitrogens with zero attached hydrogens (tertiary/aromatic N) is 3. The van der Waals surface area contributed by atoms with E-state index in [0.717, 1.165) is 0 Å². The molecule has 92 valence electrons. The molecule has 1 aromatic heterocycles. The van der Waals surface area contributed by atoms with Crippen LogP contribution in [0.2, 0.25) is 0 Å². The molecule has 0 atom stereocenters. The molecule has 0 spiro atoms. The maximum Gasteiger partial charge on any atom is 0.325 e. The molecule has 0 aromatic carbocycles. The first-order valence-corrected chi connectivity index (χ1v) is 5.12. The zero-order chi connectivity index (χ0) is 12.7. The molecule has 0 saturated heterocycles. The van der Waals surface area contributed by atoms with Gasteiger partial charge in [-0.1, -0.05) is 6.08 Å². The lowest BCUT2D eigenvalue weighted by Crippen LogP contribution is -2.27. The van der Waals surface area contributed by atoms with Gasteiger partial charge in [-0.05, 0) is 0 Å². The monoisotopic (exact) mass is 236 g/mol. The average molecular weight is 236 g/mol. The van der Waals surface area contributed by atoms with E-state index in [-0.39, 0.29) is 12.5 Å². The Morgan fingerprint density at radius 1 is 1.65 bits per heavy atom. The highest BCUT2D eigenvalue weighted by molar-refractivity contribution is 5.75. The van der Waals surface area contributed by atoms with Gasteiger partial charge in [0.05, 0.1) is 7.11 Å². The van der Waals surface area contributed by atoms with Crippen molar-refractivity contribution in [2.45, 2.75) is 0 Å². The van der Waals surface area contributed by atoms with Crippen molar-refractivity contribution in [1.29, 1.82) is 0 Å². The molecule has 1 N–H and O–H groups in total. The lowest BCUT2D eigenvalue weighted by atomic mass is 10.4. The van der Waals surface area contributed by atoms with E-state index in [1.807, 2.05) is 0 Å². The number of rotatable bonds is 6. The number of carbonyl (C=O) groups excluding carboxylic acids is 1. The van der Waals surface area contributed by atoms with E-state index >= 15 is 0 Å². The Bertz CT molecular complexity index is 395. The molecule has 17 heavy (non-hydrogen) atoms. The Balaban J connectivity index is 2.69. The predicted molar refractivity (Wildman–Crippen MR) is 66.0 cm³/mol. The van der Waals surface area contributed by atoms with Crippen molar-refractivity contribution < 1.29 is 9.53 Å². The molecular weight excluding hydrogens is 220 g/mol. The van der Waals surface area contributed by atoms with Gasteiger partial charge in [0, 0.05) is 19.7 Å². The normalized spacial score (nSPS) is 9.53. The van der Waals surface area contributed by atoms with E-state index in [0.29, 0.717) is 18.2 Å². The summed E-state index contributed by atoms with van der Waals surface area (Å²) in [5.41, 5.74) is 0. The van der Waals surface area contributed by atoms with Crippen molar-refractivity contribution >= 4 is 17.6 Å². The molecule has 1 aromatic rings. The van der Waals surface area contributed by atoms with Crippen LogP contribution in [0.25, 0.3) is 0 Å². The van der Waals surface area contributed by atoms with Gasteiger partial charge >= 0.3 is 5.97 Å². The van der Waals surface area contributed by atoms with Gasteiger partial charge in [-0.15, -0.1) is 6.58 Å². The highest BCUT2D eigenvalue weighted by Crippen LogP contribution is 2.12. The lowest BCUT2D eigenvalue weighted by Gasteiger charge is -2.16. The predicted octanol–water partition coefficient (Wildman–Crippen LogP) is 0.684. The summed E-state index contributed by atoms with van der Waals surface area (Å²) < 4.78 is 4.58. The Morgan fingerprint density at radius 2 is 2.41 bits per heavy atom. The van der Waals surface area contributed by atoms with Crippen LogP contribution in [0.15, 0.2) is 25.0 Å². The van der Waals surface area contributed by atoms with Crippen molar-refractivity contribution in [1.82, 2.24) is 9.97 Å². The number of esters is 1. The van der Waals surface area contributed by atoms with Crippen LogP contribution in [-0.4, -0.2) is 43.2 Å². The number of anilines is 2. The zero-order valence-corrected chi connectivity index (χ0v) is 10.0. The van der Waals surface area contributed by atoms with E-state index in [2.05, 4.69) is 26.6 Å². The molecule has 0 aliphatic carbocycles. The van der Waals surface area contributed by atoms with Gasteiger partial charge in [-0.25, -0.2) is 9.97 Å². The smallest absolute Gasteiger partial charge is 0.325 e. The number of likely N-dealkylation sites (N-methyl/N-ethyl adjacent to an activating group) is 1. The van der Waals surface area contributed by atoms with Crippen molar-refractivity contribution in [2.24, 2.45) is 0 Å². The molecule has 1 heterocycles. The van der Waals surface area contributed by atoms with Crippen LogP contribution < -0.4 is 10.2 Å². The minimum atomic E-state index is -0.313. The molecule has 0 bridgehead atoms. The Kier molecular flexibility index (Phi) is 4.93. The number of carbonyl (C=O) groups is 1. The highest BCUT2D eigenvalue weighted by atomic mass is 16.5. The molecule has 0 saturated carbocycles. The van der Waals surface area contributed by atoms with Crippen molar-refractivity contribution in [2.75, 3.05) is 37.5 Å². The summed E-state index contributed by atoms with van der Waals surface area (Å²) in [5, 5.41) is 3.04. The van der Waals surface area contributed by atoms with Gasteiger partial charge in [0.15, 0.2) is 0 Å². The fraction of sp³-hybridized carbons (Fsp3) is 0.364. The SMILES string of the molecule is C=CCNc1cc(N(C)CC(=O)OC)ncn1. The molecule has 6 nitrogen and oxygen atoms in total. The molecule has 6 heteroatoms. The van der Waals surface area contributed by atoms with Gasteiger partial charge in [0.25, 0.3) is 0 Å². The molecular formula is C11H16N4O2. The average Bonchev–Trinajstić information content (AvgIpc) is 2.36. The summed E-state index contributed by atoms with van der Waals surface area (Å²) in [6.07, 6.45) is 3.18. The Morgan fingerprint density at radius 3 is 3.06 bits per heavy atom. The van der Waals surface area contributed by atoms with Gasteiger partial charge in [-0.2, -0.15) is 0 Å². The molecule has 0 unspecified atom stereocenters. The minimum Gasteiger partial charge on any atom is -0.468 e. The van der Waals surface area contributed by atoms with Crippen LogP contribution in [0.5, 0.6) is 0 Å². The molecule has 1 rings (SSSR count). The second kappa shape index (κ2) is 6.47. The van der Waals surface area contributed by atoms with Crippen LogP contribution in [0.1, 0.15) is 0 Å². The Labute approximate surface area is 100 Å². The maximum absolute atomic E-state index is 11.1. The standard InChI is InChI=1S/C11H16N4O2/c1-4-5-12-9-6-10(14-8-13-9)15(2)7-11(16)17-3/h4,6,8H,1,5,7H2,2-3H3,(H,12,13,14). The minimum absolute atomic E-state index is 0.147. The Hall–Kier alpha value is -2.11. The molecule has 0 radical (unpaired) electrons. The second-order valence-electron chi connectivity index (χ2n) is 3.36. The van der Waals surface area contributed by atoms with Crippen molar-refractivity contribution in [3.05, 3.63) is 25.0 Å². The van der Waals surface area contributed by atoms with Crippen LogP contribution in [0.3, 0.4) is 0 Å². The topological polar surface area (TPSA) is 67.4 Å². The molecule has 0 aliphatic heterocycles. The van der Waals surface area contributed by atoms with Crippen LogP contribution in [0, 0.1) is 0 Å².